The molecule has 0 saturated carbocycles. The van der Waals surface area contributed by atoms with Crippen LogP contribution in [-0.4, -0.2) is 41.1 Å². The number of aromatic nitrogens is 1. The molecule has 2 unspecified atom stereocenters. The van der Waals surface area contributed by atoms with Crippen molar-refractivity contribution in [2.24, 2.45) is 0 Å². The molecule has 5 heteroatoms. The first kappa shape index (κ1) is 10.7. The first-order valence-electron chi connectivity index (χ1n) is 5.78. The lowest BCUT2D eigenvalue weighted by atomic mass is 10.2. The molecule has 1 aromatic rings. The standard InChI is InChI=1S/C12H13FN2O2/c13-11-5-8(3-4-14-11)12(16)15-6-9-1-2-10(7-15)17-9/h3-5,9-10H,1-2,6-7H2. The summed E-state index contributed by atoms with van der Waals surface area (Å²) in [7, 11) is 0. The van der Waals surface area contributed by atoms with Gasteiger partial charge in [0.1, 0.15) is 0 Å². The van der Waals surface area contributed by atoms with Crippen molar-refractivity contribution in [3.05, 3.63) is 29.8 Å². The Labute approximate surface area is 98.4 Å². The molecule has 0 spiro atoms. The number of carbonyl (C=O) groups excluding carboxylic acids is 1. The fourth-order valence-corrected chi connectivity index (χ4v) is 2.50. The molecule has 2 aliphatic heterocycles. The number of fused-ring (bicyclic) bond motifs is 2. The lowest BCUT2D eigenvalue weighted by Gasteiger charge is -2.32. The first-order valence-corrected chi connectivity index (χ1v) is 5.78. The van der Waals surface area contributed by atoms with Crippen LogP contribution in [0.25, 0.3) is 0 Å². The average molecular weight is 236 g/mol. The third kappa shape index (κ3) is 2.02. The van der Waals surface area contributed by atoms with Crippen LogP contribution in [0.4, 0.5) is 4.39 Å². The minimum Gasteiger partial charge on any atom is -0.371 e. The highest BCUT2D eigenvalue weighted by atomic mass is 19.1. The quantitative estimate of drug-likeness (QED) is 0.689. The Balaban J connectivity index is 1.78. The van der Waals surface area contributed by atoms with E-state index in [1.54, 1.807) is 11.0 Å². The van der Waals surface area contributed by atoms with E-state index in [2.05, 4.69) is 4.98 Å². The van der Waals surface area contributed by atoms with E-state index in [4.69, 9.17) is 4.74 Å². The summed E-state index contributed by atoms with van der Waals surface area (Å²) in [6.07, 6.45) is 3.66. The molecule has 90 valence electrons. The number of hydrogen-bond donors (Lipinski definition) is 0. The molecule has 0 aromatic carbocycles. The molecule has 2 atom stereocenters. The SMILES string of the molecule is O=C(c1ccnc(F)c1)N1CC2CCC(C1)O2. The number of hydrogen-bond acceptors (Lipinski definition) is 3. The predicted molar refractivity (Wildman–Crippen MR) is 58.0 cm³/mol. The Morgan fingerprint density at radius 2 is 2.12 bits per heavy atom. The summed E-state index contributed by atoms with van der Waals surface area (Å²) in [5.41, 5.74) is 0.360. The number of likely N-dealkylation sites (tertiary alicyclic amines) is 1. The number of carbonyl (C=O) groups is 1. The van der Waals surface area contributed by atoms with Gasteiger partial charge in [-0.3, -0.25) is 4.79 Å². The molecule has 2 saturated heterocycles. The van der Waals surface area contributed by atoms with E-state index in [1.165, 1.54) is 12.3 Å². The van der Waals surface area contributed by atoms with Gasteiger partial charge in [-0.05, 0) is 18.9 Å². The third-order valence-electron chi connectivity index (χ3n) is 3.30. The number of ether oxygens (including phenoxy) is 1. The molecular weight excluding hydrogens is 223 g/mol. The largest absolute Gasteiger partial charge is 0.371 e. The fraction of sp³-hybridized carbons (Fsp3) is 0.500. The highest BCUT2D eigenvalue weighted by Crippen LogP contribution is 2.27. The summed E-state index contributed by atoms with van der Waals surface area (Å²) in [6.45, 7) is 1.22. The third-order valence-corrected chi connectivity index (χ3v) is 3.30. The van der Waals surface area contributed by atoms with Crippen LogP contribution in [0, 0.1) is 5.95 Å². The molecule has 1 amide bonds. The smallest absolute Gasteiger partial charge is 0.254 e. The van der Waals surface area contributed by atoms with Crippen molar-refractivity contribution in [2.45, 2.75) is 25.0 Å². The summed E-state index contributed by atoms with van der Waals surface area (Å²) in [5.74, 6) is -0.751. The molecule has 0 N–H and O–H groups in total. The average Bonchev–Trinajstić information content (AvgIpc) is 2.67. The van der Waals surface area contributed by atoms with E-state index in [9.17, 15) is 9.18 Å². The summed E-state index contributed by atoms with van der Waals surface area (Å²) >= 11 is 0. The van der Waals surface area contributed by atoms with Gasteiger partial charge in [-0.25, -0.2) is 4.98 Å². The molecule has 2 aliphatic rings. The molecule has 17 heavy (non-hydrogen) atoms. The van der Waals surface area contributed by atoms with Crippen LogP contribution in [0.3, 0.4) is 0 Å². The van der Waals surface area contributed by atoms with Crippen LogP contribution in [0.2, 0.25) is 0 Å². The van der Waals surface area contributed by atoms with Crippen LogP contribution in [0.5, 0.6) is 0 Å². The van der Waals surface area contributed by atoms with Crippen LogP contribution < -0.4 is 0 Å². The van der Waals surface area contributed by atoms with Crippen LogP contribution >= 0.6 is 0 Å². The fourth-order valence-electron chi connectivity index (χ4n) is 2.50. The van der Waals surface area contributed by atoms with Crippen molar-refractivity contribution < 1.29 is 13.9 Å². The zero-order valence-electron chi connectivity index (χ0n) is 9.30. The van der Waals surface area contributed by atoms with Crippen molar-refractivity contribution >= 4 is 5.91 Å². The van der Waals surface area contributed by atoms with Gasteiger partial charge >= 0.3 is 0 Å². The molecule has 0 aliphatic carbocycles. The second-order valence-corrected chi connectivity index (χ2v) is 4.53. The van der Waals surface area contributed by atoms with Crippen molar-refractivity contribution in [1.82, 2.24) is 9.88 Å². The maximum atomic E-state index is 13.0. The molecule has 3 heterocycles. The number of pyridine rings is 1. The summed E-state index contributed by atoms with van der Waals surface area (Å²) < 4.78 is 18.6. The number of amides is 1. The summed E-state index contributed by atoms with van der Waals surface area (Å²) in [6, 6.07) is 2.72. The van der Waals surface area contributed by atoms with Crippen LogP contribution in [0.1, 0.15) is 23.2 Å². The number of rotatable bonds is 1. The Morgan fingerprint density at radius 1 is 1.41 bits per heavy atom. The highest BCUT2D eigenvalue weighted by molar-refractivity contribution is 5.94. The van der Waals surface area contributed by atoms with E-state index < -0.39 is 5.95 Å². The minimum atomic E-state index is -0.618. The molecule has 2 fully saturated rings. The normalized spacial score (nSPS) is 27.2. The number of halogens is 1. The molecule has 0 radical (unpaired) electrons. The van der Waals surface area contributed by atoms with Gasteiger partial charge in [0.2, 0.25) is 5.95 Å². The lowest BCUT2D eigenvalue weighted by Crippen LogP contribution is -2.45. The molecule has 3 rings (SSSR count). The summed E-state index contributed by atoms with van der Waals surface area (Å²) in [5, 5.41) is 0. The Hall–Kier alpha value is -1.49. The van der Waals surface area contributed by atoms with Crippen molar-refractivity contribution in [3.63, 3.8) is 0 Å². The topological polar surface area (TPSA) is 42.4 Å². The highest BCUT2D eigenvalue weighted by Gasteiger charge is 2.35. The maximum absolute atomic E-state index is 13.0. The van der Waals surface area contributed by atoms with Gasteiger partial charge in [-0.1, -0.05) is 0 Å². The molecule has 4 nitrogen and oxygen atoms in total. The van der Waals surface area contributed by atoms with Gasteiger partial charge in [0, 0.05) is 30.9 Å². The van der Waals surface area contributed by atoms with Gasteiger partial charge in [0.05, 0.1) is 12.2 Å². The van der Waals surface area contributed by atoms with Gasteiger partial charge in [0.15, 0.2) is 0 Å². The summed E-state index contributed by atoms with van der Waals surface area (Å²) in [4.78, 5) is 17.3. The van der Waals surface area contributed by atoms with E-state index in [0.29, 0.717) is 18.7 Å². The van der Waals surface area contributed by atoms with Gasteiger partial charge < -0.3 is 9.64 Å². The van der Waals surface area contributed by atoms with E-state index in [-0.39, 0.29) is 18.1 Å². The Morgan fingerprint density at radius 3 is 2.76 bits per heavy atom. The number of nitrogens with zero attached hydrogens (tertiary/aromatic N) is 2. The molecule has 1 aromatic heterocycles. The first-order chi connectivity index (χ1) is 8.22. The second kappa shape index (κ2) is 4.07. The van der Waals surface area contributed by atoms with E-state index in [1.807, 2.05) is 0 Å². The van der Waals surface area contributed by atoms with Gasteiger partial charge in [-0.2, -0.15) is 4.39 Å². The van der Waals surface area contributed by atoms with Crippen molar-refractivity contribution in [1.29, 1.82) is 0 Å². The number of morpholine rings is 1. The Kier molecular flexibility index (Phi) is 2.55. The minimum absolute atomic E-state index is 0.133. The zero-order valence-corrected chi connectivity index (χ0v) is 9.30. The Bertz CT molecular complexity index is 440. The van der Waals surface area contributed by atoms with Crippen LogP contribution in [0.15, 0.2) is 18.3 Å². The van der Waals surface area contributed by atoms with E-state index >= 15 is 0 Å². The monoisotopic (exact) mass is 236 g/mol. The van der Waals surface area contributed by atoms with Crippen molar-refractivity contribution in [3.8, 4) is 0 Å². The van der Waals surface area contributed by atoms with E-state index in [0.717, 1.165) is 12.8 Å². The second-order valence-electron chi connectivity index (χ2n) is 4.53. The molecule has 2 bridgehead atoms. The maximum Gasteiger partial charge on any atom is 0.254 e. The zero-order chi connectivity index (χ0) is 11.8. The molecular formula is C12H13FN2O2. The van der Waals surface area contributed by atoms with Crippen molar-refractivity contribution in [2.75, 3.05) is 13.1 Å². The predicted octanol–water partition coefficient (Wildman–Crippen LogP) is 1.22. The van der Waals surface area contributed by atoms with Crippen LogP contribution in [-0.2, 0) is 4.74 Å². The van der Waals surface area contributed by atoms with Gasteiger partial charge in [0.25, 0.3) is 5.91 Å². The van der Waals surface area contributed by atoms with Gasteiger partial charge in [-0.15, -0.1) is 0 Å². The lowest BCUT2D eigenvalue weighted by molar-refractivity contribution is -0.0303.